The number of aromatic nitrogens is 2. The number of hydrogen-bond donors (Lipinski definition) is 0. The Labute approximate surface area is 139 Å². The summed E-state index contributed by atoms with van der Waals surface area (Å²) in [7, 11) is 1.51. The van der Waals surface area contributed by atoms with Gasteiger partial charge in [0.05, 0.1) is 5.39 Å². The van der Waals surface area contributed by atoms with E-state index in [9.17, 15) is 9.59 Å². The van der Waals surface area contributed by atoms with E-state index in [4.69, 9.17) is 4.74 Å². The molecule has 5 nitrogen and oxygen atoms in total. The van der Waals surface area contributed by atoms with Crippen LogP contribution in [0.15, 0.2) is 53.3 Å². The number of aryl methyl sites for hydroxylation is 1. The van der Waals surface area contributed by atoms with Crippen molar-refractivity contribution in [3.8, 4) is 5.75 Å². The predicted molar refractivity (Wildman–Crippen MR) is 91.1 cm³/mol. The molecule has 0 spiro atoms. The fourth-order valence-corrected chi connectivity index (χ4v) is 2.65. The lowest BCUT2D eigenvalue weighted by Crippen LogP contribution is -2.24. The van der Waals surface area contributed by atoms with Gasteiger partial charge in [0, 0.05) is 16.0 Å². The fourth-order valence-electron chi connectivity index (χ4n) is 2.14. The summed E-state index contributed by atoms with van der Waals surface area (Å²) in [5, 5.41) is 4.97. The van der Waals surface area contributed by atoms with Gasteiger partial charge in [0.15, 0.2) is 5.69 Å². The Morgan fingerprint density at radius 1 is 1.14 bits per heavy atom. The molecule has 1 heterocycles. The highest BCUT2D eigenvalue weighted by atomic mass is 127. The second-order valence-electron chi connectivity index (χ2n) is 4.67. The van der Waals surface area contributed by atoms with E-state index in [1.165, 1.54) is 7.05 Å². The highest BCUT2D eigenvalue weighted by Gasteiger charge is 2.17. The summed E-state index contributed by atoms with van der Waals surface area (Å²) < 4.78 is 7.47. The lowest BCUT2D eigenvalue weighted by molar-refractivity contribution is 0.0728. The number of carbonyl (C=O) groups is 1. The van der Waals surface area contributed by atoms with Crippen molar-refractivity contribution >= 4 is 39.3 Å². The summed E-state index contributed by atoms with van der Waals surface area (Å²) in [4.78, 5) is 24.5. The van der Waals surface area contributed by atoms with Gasteiger partial charge in [-0.3, -0.25) is 4.79 Å². The van der Waals surface area contributed by atoms with Crippen molar-refractivity contribution in [1.29, 1.82) is 0 Å². The van der Waals surface area contributed by atoms with Crippen molar-refractivity contribution in [2.75, 3.05) is 0 Å². The van der Waals surface area contributed by atoms with Crippen molar-refractivity contribution in [3.63, 3.8) is 0 Å². The van der Waals surface area contributed by atoms with E-state index in [2.05, 4.69) is 27.7 Å². The van der Waals surface area contributed by atoms with Crippen molar-refractivity contribution in [2.45, 2.75) is 0 Å². The molecule has 0 aliphatic heterocycles. The van der Waals surface area contributed by atoms with Crippen LogP contribution in [0.2, 0.25) is 0 Å². The molecule has 110 valence electrons. The number of rotatable bonds is 2. The molecule has 0 N–H and O–H groups in total. The molecular formula is C16H11IN2O3. The van der Waals surface area contributed by atoms with Crippen LogP contribution in [0.3, 0.4) is 0 Å². The molecule has 3 rings (SSSR count). The standard InChI is InChI=1S/C16H11IN2O3/c1-19-15(20)13-8-3-2-7-12(13)14(18-19)16(21)22-11-6-4-5-10(17)9-11/h2-9H,1H3. The van der Waals surface area contributed by atoms with Gasteiger partial charge in [0.25, 0.3) is 5.56 Å². The summed E-state index contributed by atoms with van der Waals surface area (Å²) in [5.74, 6) is -0.148. The molecule has 0 fully saturated rings. The first-order chi connectivity index (χ1) is 10.6. The highest BCUT2D eigenvalue weighted by Crippen LogP contribution is 2.18. The second kappa shape index (κ2) is 5.88. The fraction of sp³-hybridized carbons (Fsp3) is 0.0625. The number of hydrogen-bond acceptors (Lipinski definition) is 4. The number of ether oxygens (including phenoxy) is 1. The minimum Gasteiger partial charge on any atom is -0.422 e. The van der Waals surface area contributed by atoms with Crippen LogP contribution < -0.4 is 10.3 Å². The zero-order chi connectivity index (χ0) is 15.7. The van der Waals surface area contributed by atoms with Crippen LogP contribution in [0.25, 0.3) is 10.8 Å². The van der Waals surface area contributed by atoms with Gasteiger partial charge in [0.2, 0.25) is 0 Å². The third-order valence-electron chi connectivity index (χ3n) is 3.16. The number of carbonyl (C=O) groups excluding carboxylic acids is 1. The van der Waals surface area contributed by atoms with Crippen LogP contribution in [0.5, 0.6) is 5.75 Å². The molecule has 0 saturated heterocycles. The first-order valence-electron chi connectivity index (χ1n) is 6.50. The Morgan fingerprint density at radius 3 is 2.59 bits per heavy atom. The quantitative estimate of drug-likeness (QED) is 0.373. The molecule has 6 heteroatoms. The monoisotopic (exact) mass is 406 g/mol. The first-order valence-corrected chi connectivity index (χ1v) is 7.58. The Balaban J connectivity index is 2.08. The molecule has 0 radical (unpaired) electrons. The van der Waals surface area contributed by atoms with Crippen LogP contribution in [-0.4, -0.2) is 15.7 Å². The SMILES string of the molecule is Cn1nc(C(=O)Oc2cccc(I)c2)c2ccccc2c1=O. The van der Waals surface area contributed by atoms with E-state index >= 15 is 0 Å². The van der Waals surface area contributed by atoms with E-state index in [1.807, 2.05) is 6.07 Å². The molecule has 2 aromatic carbocycles. The number of benzene rings is 2. The Bertz CT molecular complexity index is 934. The Hall–Kier alpha value is -2.22. The van der Waals surface area contributed by atoms with Crippen molar-refractivity contribution in [2.24, 2.45) is 7.05 Å². The average molecular weight is 406 g/mol. The normalized spacial score (nSPS) is 10.6. The Morgan fingerprint density at radius 2 is 1.86 bits per heavy atom. The zero-order valence-electron chi connectivity index (χ0n) is 11.6. The molecular weight excluding hydrogens is 395 g/mol. The molecule has 0 atom stereocenters. The van der Waals surface area contributed by atoms with Gasteiger partial charge >= 0.3 is 5.97 Å². The van der Waals surface area contributed by atoms with Gasteiger partial charge in [-0.2, -0.15) is 5.10 Å². The maximum atomic E-state index is 12.4. The van der Waals surface area contributed by atoms with E-state index in [1.54, 1.807) is 42.5 Å². The first kappa shape index (κ1) is 14.7. The van der Waals surface area contributed by atoms with E-state index < -0.39 is 5.97 Å². The molecule has 1 aromatic heterocycles. The molecule has 3 aromatic rings. The summed E-state index contributed by atoms with van der Waals surface area (Å²) in [6.07, 6.45) is 0. The topological polar surface area (TPSA) is 61.2 Å². The van der Waals surface area contributed by atoms with Gasteiger partial charge in [-0.25, -0.2) is 9.48 Å². The highest BCUT2D eigenvalue weighted by molar-refractivity contribution is 14.1. The molecule has 0 saturated carbocycles. The van der Waals surface area contributed by atoms with Crippen LogP contribution in [-0.2, 0) is 7.05 Å². The van der Waals surface area contributed by atoms with Gasteiger partial charge < -0.3 is 4.74 Å². The van der Waals surface area contributed by atoms with Crippen LogP contribution in [0.1, 0.15) is 10.5 Å². The van der Waals surface area contributed by atoms with Gasteiger partial charge in [-0.15, -0.1) is 0 Å². The van der Waals surface area contributed by atoms with Crippen LogP contribution in [0, 0.1) is 3.57 Å². The van der Waals surface area contributed by atoms with Crippen molar-refractivity contribution in [3.05, 3.63) is 68.1 Å². The summed E-state index contributed by atoms with van der Waals surface area (Å²) in [6.45, 7) is 0. The predicted octanol–water partition coefficient (Wildman–Crippen LogP) is 2.76. The van der Waals surface area contributed by atoms with Gasteiger partial charge in [-0.05, 0) is 46.9 Å². The molecule has 0 aliphatic rings. The lowest BCUT2D eigenvalue weighted by Gasteiger charge is -2.08. The third-order valence-corrected chi connectivity index (χ3v) is 3.83. The zero-order valence-corrected chi connectivity index (χ0v) is 13.8. The van der Waals surface area contributed by atoms with Crippen LogP contribution >= 0.6 is 22.6 Å². The number of halogens is 1. The third kappa shape index (κ3) is 2.74. The summed E-state index contributed by atoms with van der Waals surface area (Å²) in [5.41, 5.74) is -0.127. The Kier molecular flexibility index (Phi) is 3.93. The van der Waals surface area contributed by atoms with E-state index in [0.29, 0.717) is 16.5 Å². The molecule has 0 bridgehead atoms. The smallest absolute Gasteiger partial charge is 0.364 e. The number of nitrogens with zero attached hydrogens (tertiary/aromatic N) is 2. The molecule has 22 heavy (non-hydrogen) atoms. The minimum atomic E-state index is -0.589. The maximum absolute atomic E-state index is 12.4. The van der Waals surface area contributed by atoms with E-state index in [0.717, 1.165) is 8.25 Å². The molecule has 0 aliphatic carbocycles. The number of esters is 1. The van der Waals surface area contributed by atoms with Crippen molar-refractivity contribution in [1.82, 2.24) is 9.78 Å². The minimum absolute atomic E-state index is 0.122. The second-order valence-corrected chi connectivity index (χ2v) is 5.92. The molecule has 0 amide bonds. The van der Waals surface area contributed by atoms with Gasteiger partial charge in [-0.1, -0.05) is 24.3 Å². The van der Waals surface area contributed by atoms with Crippen molar-refractivity contribution < 1.29 is 9.53 Å². The summed E-state index contributed by atoms with van der Waals surface area (Å²) >= 11 is 2.14. The summed E-state index contributed by atoms with van der Waals surface area (Å²) in [6, 6.07) is 14.0. The van der Waals surface area contributed by atoms with E-state index in [-0.39, 0.29) is 11.3 Å². The average Bonchev–Trinajstić information content (AvgIpc) is 2.51. The number of fused-ring (bicyclic) bond motifs is 1. The molecule has 0 unspecified atom stereocenters. The largest absolute Gasteiger partial charge is 0.422 e. The lowest BCUT2D eigenvalue weighted by atomic mass is 10.1. The maximum Gasteiger partial charge on any atom is 0.364 e. The van der Waals surface area contributed by atoms with Gasteiger partial charge in [0.1, 0.15) is 5.75 Å². The van der Waals surface area contributed by atoms with Crippen LogP contribution in [0.4, 0.5) is 0 Å².